The molecule has 1 unspecified atom stereocenters. The zero-order valence-corrected chi connectivity index (χ0v) is 11.5. The van der Waals surface area contributed by atoms with Gasteiger partial charge in [0.1, 0.15) is 6.04 Å². The average molecular weight is 295 g/mol. The summed E-state index contributed by atoms with van der Waals surface area (Å²) in [5, 5.41) is 9.11. The number of carboxylic acids is 1. The highest BCUT2D eigenvalue weighted by Gasteiger charge is 2.38. The summed E-state index contributed by atoms with van der Waals surface area (Å²) in [4.78, 5) is 24.0. The van der Waals surface area contributed by atoms with E-state index in [4.69, 9.17) is 5.11 Å². The molecule has 0 aromatic rings. The average Bonchev–Trinajstić information content (AvgIpc) is 2.57. The highest BCUT2D eigenvalue weighted by atomic mass is 32.3. The van der Waals surface area contributed by atoms with Crippen LogP contribution in [0.1, 0.15) is 32.6 Å². The number of likely N-dealkylation sites (tertiary alicyclic amines) is 1. The summed E-state index contributed by atoms with van der Waals surface area (Å²) in [5.74, 6) is -2.91. The Bertz CT molecular complexity index is 450. The number of halogens is 1. The van der Waals surface area contributed by atoms with E-state index in [0.29, 0.717) is 12.8 Å². The fraction of sp³-hybridized carbons (Fsp3) is 0.818. The maximum atomic E-state index is 12.6. The minimum atomic E-state index is -4.64. The van der Waals surface area contributed by atoms with Gasteiger partial charge in [-0.3, -0.25) is 4.79 Å². The molecule has 1 N–H and O–H groups in total. The summed E-state index contributed by atoms with van der Waals surface area (Å²) in [6.07, 6.45) is 1.67. The van der Waals surface area contributed by atoms with E-state index in [-0.39, 0.29) is 13.0 Å². The lowest BCUT2D eigenvalue weighted by Gasteiger charge is -2.24. The number of carbonyl (C=O) groups excluding carboxylic acids is 1. The molecule has 8 heteroatoms. The lowest BCUT2D eigenvalue weighted by Crippen LogP contribution is -2.42. The standard InChI is InChI=1S/C11H18FNO5S/c1-2-3-4-9(11(15)16)13-6-8(5-10(13)14)7-19(12,17)18/h8-9H,2-7H2,1H3,(H,15,16)/t8?,9-/m0/s1. The van der Waals surface area contributed by atoms with Gasteiger partial charge in [0.15, 0.2) is 0 Å². The molecule has 0 saturated carbocycles. The number of amides is 1. The number of hydrogen-bond donors (Lipinski definition) is 1. The lowest BCUT2D eigenvalue weighted by atomic mass is 10.1. The molecule has 0 bridgehead atoms. The van der Waals surface area contributed by atoms with Crippen LogP contribution in [0.15, 0.2) is 0 Å². The van der Waals surface area contributed by atoms with Crippen molar-refractivity contribution < 1.29 is 27.0 Å². The topological polar surface area (TPSA) is 91.8 Å². The molecule has 1 heterocycles. The summed E-state index contributed by atoms with van der Waals surface area (Å²) in [7, 11) is -4.64. The summed E-state index contributed by atoms with van der Waals surface area (Å²) >= 11 is 0. The predicted octanol–water partition coefficient (Wildman–Crippen LogP) is 0.778. The highest BCUT2D eigenvalue weighted by Crippen LogP contribution is 2.24. The predicted molar refractivity (Wildman–Crippen MR) is 65.7 cm³/mol. The molecule has 110 valence electrons. The van der Waals surface area contributed by atoms with Gasteiger partial charge in [-0.25, -0.2) is 4.79 Å². The molecule has 0 aromatic carbocycles. The van der Waals surface area contributed by atoms with Crippen molar-refractivity contribution in [2.75, 3.05) is 12.3 Å². The van der Waals surface area contributed by atoms with Gasteiger partial charge in [0.2, 0.25) is 5.91 Å². The molecule has 1 amide bonds. The lowest BCUT2D eigenvalue weighted by molar-refractivity contribution is -0.148. The van der Waals surface area contributed by atoms with Crippen LogP contribution in [-0.2, 0) is 19.8 Å². The summed E-state index contributed by atoms with van der Waals surface area (Å²) in [6.45, 7) is 1.89. The van der Waals surface area contributed by atoms with E-state index >= 15 is 0 Å². The third-order valence-electron chi connectivity index (χ3n) is 3.17. The van der Waals surface area contributed by atoms with Gasteiger partial charge in [-0.2, -0.15) is 8.42 Å². The van der Waals surface area contributed by atoms with Gasteiger partial charge in [-0.15, -0.1) is 3.89 Å². The molecular formula is C11H18FNO5S. The van der Waals surface area contributed by atoms with Crippen molar-refractivity contribution in [3.8, 4) is 0 Å². The molecule has 1 aliphatic heterocycles. The van der Waals surface area contributed by atoms with E-state index in [9.17, 15) is 21.9 Å². The Balaban J connectivity index is 2.72. The van der Waals surface area contributed by atoms with Gasteiger partial charge in [-0.05, 0) is 6.42 Å². The van der Waals surface area contributed by atoms with Crippen LogP contribution in [0.25, 0.3) is 0 Å². The van der Waals surface area contributed by atoms with E-state index in [1.807, 2.05) is 6.92 Å². The van der Waals surface area contributed by atoms with Crippen molar-refractivity contribution in [1.29, 1.82) is 0 Å². The molecule has 0 aliphatic carbocycles. The van der Waals surface area contributed by atoms with Crippen LogP contribution in [0.4, 0.5) is 3.89 Å². The van der Waals surface area contributed by atoms with Crippen LogP contribution in [0.5, 0.6) is 0 Å². The van der Waals surface area contributed by atoms with Crippen molar-refractivity contribution in [3.63, 3.8) is 0 Å². The zero-order chi connectivity index (χ0) is 14.6. The monoisotopic (exact) mass is 295 g/mol. The van der Waals surface area contributed by atoms with Crippen molar-refractivity contribution in [3.05, 3.63) is 0 Å². The smallest absolute Gasteiger partial charge is 0.326 e. The molecule has 1 saturated heterocycles. The summed E-state index contributed by atoms with van der Waals surface area (Å²) in [5.41, 5.74) is 0. The maximum Gasteiger partial charge on any atom is 0.326 e. The van der Waals surface area contributed by atoms with Crippen LogP contribution in [0, 0.1) is 5.92 Å². The second-order valence-corrected chi connectivity index (χ2v) is 6.23. The summed E-state index contributed by atoms with van der Waals surface area (Å²) < 4.78 is 33.7. The van der Waals surface area contributed by atoms with E-state index in [2.05, 4.69) is 0 Å². The van der Waals surface area contributed by atoms with Crippen molar-refractivity contribution >= 4 is 22.1 Å². The van der Waals surface area contributed by atoms with Gasteiger partial charge in [-0.1, -0.05) is 19.8 Å². The minimum absolute atomic E-state index is 0.0112. The molecular weight excluding hydrogens is 277 g/mol. The first-order valence-electron chi connectivity index (χ1n) is 6.19. The van der Waals surface area contributed by atoms with Crippen molar-refractivity contribution in [2.45, 2.75) is 38.6 Å². The molecule has 1 fully saturated rings. The van der Waals surface area contributed by atoms with Crippen LogP contribution >= 0.6 is 0 Å². The van der Waals surface area contributed by atoms with Gasteiger partial charge in [0.25, 0.3) is 0 Å². The molecule has 0 spiro atoms. The van der Waals surface area contributed by atoms with Gasteiger partial charge < -0.3 is 10.0 Å². The Morgan fingerprint density at radius 1 is 1.58 bits per heavy atom. The number of carbonyl (C=O) groups is 2. The van der Waals surface area contributed by atoms with Crippen LogP contribution in [0.2, 0.25) is 0 Å². The fourth-order valence-corrected chi connectivity index (χ4v) is 3.10. The Labute approximate surface area is 111 Å². The van der Waals surface area contributed by atoms with E-state index < -0.39 is 39.8 Å². The Hall–Kier alpha value is -1.18. The van der Waals surface area contributed by atoms with E-state index in [1.165, 1.54) is 0 Å². The number of hydrogen-bond acceptors (Lipinski definition) is 4. The second-order valence-electron chi connectivity index (χ2n) is 4.82. The van der Waals surface area contributed by atoms with Gasteiger partial charge in [0.05, 0.1) is 5.75 Å². The van der Waals surface area contributed by atoms with E-state index in [0.717, 1.165) is 11.3 Å². The molecule has 0 radical (unpaired) electrons. The number of rotatable bonds is 7. The third kappa shape index (κ3) is 4.77. The fourth-order valence-electron chi connectivity index (χ4n) is 2.31. The minimum Gasteiger partial charge on any atom is -0.480 e. The summed E-state index contributed by atoms with van der Waals surface area (Å²) in [6, 6.07) is -0.945. The Morgan fingerprint density at radius 2 is 2.21 bits per heavy atom. The molecule has 1 aliphatic rings. The number of carboxylic acid groups (broad SMARTS) is 1. The first-order chi connectivity index (χ1) is 8.74. The molecule has 6 nitrogen and oxygen atoms in total. The zero-order valence-electron chi connectivity index (χ0n) is 10.7. The maximum absolute atomic E-state index is 12.6. The first kappa shape index (κ1) is 15.9. The normalized spacial score (nSPS) is 21.7. The van der Waals surface area contributed by atoms with E-state index in [1.54, 1.807) is 0 Å². The number of nitrogens with zero attached hydrogens (tertiary/aromatic N) is 1. The number of aliphatic carboxylic acids is 1. The Kier molecular flexibility index (Phi) is 5.28. The Morgan fingerprint density at radius 3 is 2.68 bits per heavy atom. The van der Waals surface area contributed by atoms with Crippen molar-refractivity contribution in [2.24, 2.45) is 5.92 Å². The highest BCUT2D eigenvalue weighted by molar-refractivity contribution is 7.86. The SMILES string of the molecule is CCCC[C@@H](C(=O)O)N1CC(CS(=O)(=O)F)CC1=O. The van der Waals surface area contributed by atoms with Gasteiger partial charge in [0, 0.05) is 18.9 Å². The second kappa shape index (κ2) is 6.31. The largest absolute Gasteiger partial charge is 0.480 e. The molecule has 2 atom stereocenters. The van der Waals surface area contributed by atoms with Crippen LogP contribution in [0.3, 0.4) is 0 Å². The van der Waals surface area contributed by atoms with Crippen LogP contribution in [-0.4, -0.2) is 48.6 Å². The molecule has 1 rings (SSSR count). The first-order valence-corrected chi connectivity index (χ1v) is 7.74. The molecule has 19 heavy (non-hydrogen) atoms. The third-order valence-corrected chi connectivity index (χ3v) is 4.04. The number of unbranched alkanes of at least 4 members (excludes halogenated alkanes) is 1. The van der Waals surface area contributed by atoms with Gasteiger partial charge >= 0.3 is 16.2 Å². The molecule has 0 aromatic heterocycles. The quantitative estimate of drug-likeness (QED) is 0.701. The van der Waals surface area contributed by atoms with Crippen molar-refractivity contribution in [1.82, 2.24) is 4.90 Å². The van der Waals surface area contributed by atoms with Crippen LogP contribution < -0.4 is 0 Å².